The zero-order valence-corrected chi connectivity index (χ0v) is 16.5. The second-order valence-electron chi connectivity index (χ2n) is 7.27. The maximum Gasteiger partial charge on any atom is 0.337 e. The fourth-order valence-corrected chi connectivity index (χ4v) is 3.44. The van der Waals surface area contributed by atoms with E-state index < -0.39 is 5.97 Å². The molecule has 3 rings (SSSR count). The second kappa shape index (κ2) is 7.84. The lowest BCUT2D eigenvalue weighted by molar-refractivity contribution is -0.122. The Morgan fingerprint density at radius 2 is 1.54 bits per heavy atom. The minimum Gasteiger partial charge on any atom is -0.465 e. The largest absolute Gasteiger partial charge is 0.465 e. The molecular weight excluding hydrogens is 356 g/mol. The Morgan fingerprint density at radius 1 is 0.929 bits per heavy atom. The first-order valence-electron chi connectivity index (χ1n) is 9.18. The van der Waals surface area contributed by atoms with Gasteiger partial charge in [-0.3, -0.25) is 9.59 Å². The van der Waals surface area contributed by atoms with Gasteiger partial charge >= 0.3 is 5.97 Å². The van der Waals surface area contributed by atoms with Gasteiger partial charge in [-0.2, -0.15) is 0 Å². The molecule has 6 heteroatoms. The topological polar surface area (TPSA) is 84.5 Å². The number of aryl methyl sites for hydroxylation is 3. The summed E-state index contributed by atoms with van der Waals surface area (Å²) >= 11 is 0. The third-order valence-corrected chi connectivity index (χ3v) is 4.94. The summed E-state index contributed by atoms with van der Waals surface area (Å²) in [6.45, 7) is 5.93. The molecule has 1 fully saturated rings. The van der Waals surface area contributed by atoms with Crippen LogP contribution in [0.2, 0.25) is 0 Å². The van der Waals surface area contributed by atoms with Crippen LogP contribution in [0.25, 0.3) is 0 Å². The molecule has 2 aromatic carbocycles. The smallest absolute Gasteiger partial charge is 0.337 e. The van der Waals surface area contributed by atoms with Gasteiger partial charge in [-0.1, -0.05) is 23.8 Å². The number of hydrogen-bond acceptors (Lipinski definition) is 4. The van der Waals surface area contributed by atoms with E-state index in [2.05, 4.69) is 15.4 Å². The molecule has 6 nitrogen and oxygen atoms in total. The van der Waals surface area contributed by atoms with E-state index in [1.165, 1.54) is 7.11 Å². The summed E-state index contributed by atoms with van der Waals surface area (Å²) in [4.78, 5) is 36.6. The summed E-state index contributed by atoms with van der Waals surface area (Å²) in [6.07, 6.45) is 0.512. The number of benzene rings is 2. The summed E-state index contributed by atoms with van der Waals surface area (Å²) in [5, 5.41) is 5.74. The average Bonchev–Trinajstić information content (AvgIpc) is 3.45. The van der Waals surface area contributed by atoms with Gasteiger partial charge in [0.25, 0.3) is 0 Å². The van der Waals surface area contributed by atoms with Gasteiger partial charge in [-0.15, -0.1) is 0 Å². The van der Waals surface area contributed by atoms with Crippen molar-refractivity contribution >= 4 is 29.2 Å². The highest BCUT2D eigenvalue weighted by atomic mass is 16.5. The zero-order valence-electron chi connectivity index (χ0n) is 16.5. The molecular formula is C22H24N2O4. The minimum absolute atomic E-state index is 0.140. The third-order valence-electron chi connectivity index (χ3n) is 4.94. The van der Waals surface area contributed by atoms with Crippen molar-refractivity contribution in [2.24, 2.45) is 11.8 Å². The van der Waals surface area contributed by atoms with E-state index in [1.807, 2.05) is 32.9 Å². The van der Waals surface area contributed by atoms with Gasteiger partial charge in [0.15, 0.2) is 0 Å². The van der Waals surface area contributed by atoms with Crippen LogP contribution in [-0.2, 0) is 14.3 Å². The van der Waals surface area contributed by atoms with Crippen molar-refractivity contribution in [2.75, 3.05) is 17.7 Å². The van der Waals surface area contributed by atoms with Gasteiger partial charge in [-0.05, 0) is 56.5 Å². The first-order chi connectivity index (χ1) is 13.3. The molecule has 2 atom stereocenters. The van der Waals surface area contributed by atoms with E-state index in [0.717, 1.165) is 22.4 Å². The normalized spacial score (nSPS) is 17.6. The fraction of sp³-hybridized carbons (Fsp3) is 0.318. The van der Waals surface area contributed by atoms with Crippen molar-refractivity contribution in [2.45, 2.75) is 27.2 Å². The van der Waals surface area contributed by atoms with Crippen molar-refractivity contribution in [3.8, 4) is 0 Å². The van der Waals surface area contributed by atoms with E-state index >= 15 is 0 Å². The SMILES string of the molecule is COC(=O)c1cccc(NC(=O)C2CC2C(=O)Nc2c(C)cc(C)cc2C)c1. The number of ether oxygens (including phenoxy) is 1. The molecule has 28 heavy (non-hydrogen) atoms. The van der Waals surface area contributed by atoms with E-state index in [0.29, 0.717) is 17.7 Å². The molecule has 1 aliphatic rings. The molecule has 0 spiro atoms. The van der Waals surface area contributed by atoms with Gasteiger partial charge in [0.1, 0.15) is 0 Å². The summed E-state index contributed by atoms with van der Waals surface area (Å²) in [6, 6.07) is 10.6. The quantitative estimate of drug-likeness (QED) is 0.776. The standard InChI is InChI=1S/C22H24N2O4/c1-12-8-13(2)19(14(3)9-12)24-21(26)18-11-17(18)20(25)23-16-7-5-6-15(10-16)22(27)28-4/h5-10,17-18H,11H2,1-4H3,(H,23,25)(H,24,26). The van der Waals surface area contributed by atoms with Gasteiger partial charge < -0.3 is 15.4 Å². The Bertz CT molecular complexity index is 928. The monoisotopic (exact) mass is 380 g/mol. The average molecular weight is 380 g/mol. The lowest BCUT2D eigenvalue weighted by Crippen LogP contribution is -2.21. The third kappa shape index (κ3) is 4.22. The number of hydrogen-bond donors (Lipinski definition) is 2. The molecule has 1 aliphatic carbocycles. The summed E-state index contributed by atoms with van der Waals surface area (Å²) < 4.78 is 4.68. The molecule has 2 amide bonds. The molecule has 2 N–H and O–H groups in total. The summed E-state index contributed by atoms with van der Waals surface area (Å²) in [7, 11) is 1.30. The highest BCUT2D eigenvalue weighted by Gasteiger charge is 2.48. The number of carbonyl (C=O) groups is 3. The maximum atomic E-state index is 12.6. The van der Waals surface area contributed by atoms with Crippen LogP contribution < -0.4 is 10.6 Å². The van der Waals surface area contributed by atoms with Gasteiger partial charge in [0.05, 0.1) is 24.5 Å². The second-order valence-corrected chi connectivity index (χ2v) is 7.27. The van der Waals surface area contributed by atoms with Crippen molar-refractivity contribution < 1.29 is 19.1 Å². The summed E-state index contributed by atoms with van der Waals surface area (Å²) in [5.41, 5.74) is 4.83. The molecule has 0 aliphatic heterocycles. The summed E-state index contributed by atoms with van der Waals surface area (Å²) in [5.74, 6) is -1.54. The minimum atomic E-state index is -0.469. The Hall–Kier alpha value is -3.15. The van der Waals surface area contributed by atoms with Crippen LogP contribution in [0.1, 0.15) is 33.5 Å². The molecule has 146 valence electrons. The van der Waals surface area contributed by atoms with Crippen LogP contribution >= 0.6 is 0 Å². The molecule has 2 aromatic rings. The van der Waals surface area contributed by atoms with Crippen molar-refractivity contribution in [3.63, 3.8) is 0 Å². The van der Waals surface area contributed by atoms with Crippen LogP contribution in [-0.4, -0.2) is 24.9 Å². The van der Waals surface area contributed by atoms with Gasteiger partial charge in [0, 0.05) is 11.4 Å². The zero-order chi connectivity index (χ0) is 20.4. The van der Waals surface area contributed by atoms with Crippen LogP contribution in [0, 0.1) is 32.6 Å². The first-order valence-corrected chi connectivity index (χ1v) is 9.18. The number of anilines is 2. The van der Waals surface area contributed by atoms with Crippen molar-refractivity contribution in [3.05, 3.63) is 58.7 Å². The number of carbonyl (C=O) groups excluding carboxylic acids is 3. The Labute approximate surface area is 164 Å². The van der Waals surface area contributed by atoms with E-state index in [1.54, 1.807) is 24.3 Å². The number of rotatable bonds is 5. The van der Waals surface area contributed by atoms with E-state index in [9.17, 15) is 14.4 Å². The molecule has 0 heterocycles. The number of nitrogens with one attached hydrogen (secondary N) is 2. The predicted molar refractivity (Wildman–Crippen MR) is 107 cm³/mol. The number of methoxy groups -OCH3 is 1. The van der Waals surface area contributed by atoms with E-state index in [-0.39, 0.29) is 23.7 Å². The highest BCUT2D eigenvalue weighted by molar-refractivity contribution is 6.04. The maximum absolute atomic E-state index is 12.6. The fourth-order valence-electron chi connectivity index (χ4n) is 3.44. The van der Waals surface area contributed by atoms with Crippen LogP contribution in [0.3, 0.4) is 0 Å². The Balaban J connectivity index is 1.61. The van der Waals surface area contributed by atoms with Crippen molar-refractivity contribution in [1.29, 1.82) is 0 Å². The van der Waals surface area contributed by atoms with Gasteiger partial charge in [-0.25, -0.2) is 4.79 Å². The van der Waals surface area contributed by atoms with Gasteiger partial charge in [0.2, 0.25) is 11.8 Å². The number of esters is 1. The van der Waals surface area contributed by atoms with Crippen LogP contribution in [0.15, 0.2) is 36.4 Å². The van der Waals surface area contributed by atoms with Crippen molar-refractivity contribution in [1.82, 2.24) is 0 Å². The molecule has 0 aromatic heterocycles. The predicted octanol–water partition coefficient (Wildman–Crippen LogP) is 3.61. The lowest BCUT2D eigenvalue weighted by atomic mass is 10.0. The molecule has 1 saturated carbocycles. The highest BCUT2D eigenvalue weighted by Crippen LogP contribution is 2.40. The number of amides is 2. The lowest BCUT2D eigenvalue weighted by Gasteiger charge is -2.13. The molecule has 2 unspecified atom stereocenters. The Morgan fingerprint density at radius 3 is 2.14 bits per heavy atom. The first kappa shape index (κ1) is 19.6. The van der Waals surface area contributed by atoms with Crippen LogP contribution in [0.5, 0.6) is 0 Å². The Kier molecular flexibility index (Phi) is 5.49. The van der Waals surface area contributed by atoms with E-state index in [4.69, 9.17) is 0 Å². The molecule has 0 radical (unpaired) electrons. The van der Waals surface area contributed by atoms with Crippen LogP contribution in [0.4, 0.5) is 11.4 Å². The molecule has 0 saturated heterocycles. The molecule has 0 bridgehead atoms.